The molecule has 0 aromatic heterocycles. The van der Waals surface area contributed by atoms with E-state index in [1.165, 1.54) is 0 Å². The summed E-state index contributed by atoms with van der Waals surface area (Å²) in [6.45, 7) is 3.98. The van der Waals surface area contributed by atoms with Crippen molar-refractivity contribution in [3.63, 3.8) is 0 Å². The second kappa shape index (κ2) is 5.80. The molecule has 1 N–H and O–H groups in total. The normalized spacial score (nSPS) is 16.9. The number of carbonyl (C=O) groups is 1. The van der Waals surface area contributed by atoms with Crippen LogP contribution in [0.3, 0.4) is 0 Å². The molecule has 17 heavy (non-hydrogen) atoms. The largest absolute Gasteiger partial charge is 0.507 e. The Morgan fingerprint density at radius 1 is 1.29 bits per heavy atom. The van der Waals surface area contributed by atoms with Crippen molar-refractivity contribution in [1.29, 1.82) is 0 Å². The molecule has 0 aliphatic carbocycles. The summed E-state index contributed by atoms with van der Waals surface area (Å²) in [5.41, 5.74) is 0.417. The van der Waals surface area contributed by atoms with Crippen molar-refractivity contribution < 1.29 is 14.6 Å². The number of morpholine rings is 1. The highest BCUT2D eigenvalue weighted by Gasteiger charge is 2.14. The van der Waals surface area contributed by atoms with Crippen molar-refractivity contribution in [3.8, 4) is 5.75 Å². The fraction of sp³-hybridized carbons (Fsp3) is 0.462. The Bertz CT molecular complexity index is 386. The summed E-state index contributed by atoms with van der Waals surface area (Å²) in [4.78, 5) is 14.1. The molecule has 0 bridgehead atoms. The van der Waals surface area contributed by atoms with Crippen molar-refractivity contribution >= 4 is 5.78 Å². The smallest absolute Gasteiger partial charge is 0.167 e. The fourth-order valence-electron chi connectivity index (χ4n) is 1.93. The first kappa shape index (κ1) is 12.1. The lowest BCUT2D eigenvalue weighted by atomic mass is 10.1. The van der Waals surface area contributed by atoms with Crippen molar-refractivity contribution in [2.75, 3.05) is 32.8 Å². The zero-order valence-electron chi connectivity index (χ0n) is 9.76. The second-order valence-corrected chi connectivity index (χ2v) is 4.14. The summed E-state index contributed by atoms with van der Waals surface area (Å²) in [6.07, 6.45) is 0.442. The number of rotatable bonds is 4. The van der Waals surface area contributed by atoms with Gasteiger partial charge in [0.25, 0.3) is 0 Å². The minimum absolute atomic E-state index is 0.00501. The number of para-hydroxylation sites is 1. The topological polar surface area (TPSA) is 49.8 Å². The molecule has 2 rings (SSSR count). The van der Waals surface area contributed by atoms with Crippen molar-refractivity contribution in [2.24, 2.45) is 0 Å². The lowest BCUT2D eigenvalue weighted by Crippen LogP contribution is -2.37. The van der Waals surface area contributed by atoms with Crippen LogP contribution in [0, 0.1) is 0 Å². The third kappa shape index (κ3) is 3.28. The van der Waals surface area contributed by atoms with E-state index in [-0.39, 0.29) is 11.5 Å². The number of carbonyl (C=O) groups excluding carboxylic acids is 1. The third-order valence-electron chi connectivity index (χ3n) is 2.96. The van der Waals surface area contributed by atoms with Crippen LogP contribution in [0.4, 0.5) is 0 Å². The maximum absolute atomic E-state index is 11.9. The monoisotopic (exact) mass is 235 g/mol. The van der Waals surface area contributed by atoms with Crippen LogP contribution >= 0.6 is 0 Å². The summed E-state index contributed by atoms with van der Waals surface area (Å²) >= 11 is 0. The molecular formula is C13H17NO3. The number of ketones is 1. The molecule has 4 heteroatoms. The molecule has 0 amide bonds. The maximum atomic E-state index is 11.9. The van der Waals surface area contributed by atoms with Crippen molar-refractivity contribution in [3.05, 3.63) is 29.8 Å². The zero-order valence-corrected chi connectivity index (χ0v) is 9.76. The van der Waals surface area contributed by atoms with Gasteiger partial charge in [-0.1, -0.05) is 12.1 Å². The van der Waals surface area contributed by atoms with Crippen LogP contribution in [0.2, 0.25) is 0 Å². The van der Waals surface area contributed by atoms with Gasteiger partial charge in [0.05, 0.1) is 18.8 Å². The average molecular weight is 235 g/mol. The number of Topliss-reactive ketones (excluding diaryl/α,β-unsaturated/α-hetero) is 1. The van der Waals surface area contributed by atoms with Crippen LogP contribution in [-0.2, 0) is 4.74 Å². The number of ether oxygens (including phenoxy) is 1. The van der Waals surface area contributed by atoms with Crippen LogP contribution in [-0.4, -0.2) is 48.6 Å². The zero-order chi connectivity index (χ0) is 12.1. The second-order valence-electron chi connectivity index (χ2n) is 4.14. The molecule has 1 aromatic carbocycles. The van der Waals surface area contributed by atoms with E-state index < -0.39 is 0 Å². The van der Waals surface area contributed by atoms with E-state index in [2.05, 4.69) is 4.90 Å². The molecule has 1 aromatic rings. The molecule has 1 fully saturated rings. The van der Waals surface area contributed by atoms with Gasteiger partial charge in [0.1, 0.15) is 5.75 Å². The summed E-state index contributed by atoms with van der Waals surface area (Å²) in [5.74, 6) is 0.0640. The Hall–Kier alpha value is -1.39. The first-order chi connectivity index (χ1) is 8.27. The number of aromatic hydroxyl groups is 1. The molecule has 1 aliphatic rings. The molecule has 1 saturated heterocycles. The highest BCUT2D eigenvalue weighted by atomic mass is 16.5. The highest BCUT2D eigenvalue weighted by Crippen LogP contribution is 2.17. The van der Waals surface area contributed by atoms with Crippen molar-refractivity contribution in [2.45, 2.75) is 6.42 Å². The van der Waals surface area contributed by atoms with Gasteiger partial charge in [-0.3, -0.25) is 9.69 Å². The molecule has 0 radical (unpaired) electrons. The summed E-state index contributed by atoms with van der Waals surface area (Å²) in [6, 6.07) is 6.69. The summed E-state index contributed by atoms with van der Waals surface area (Å²) in [5, 5.41) is 9.56. The first-order valence-corrected chi connectivity index (χ1v) is 5.88. The molecule has 0 spiro atoms. The van der Waals surface area contributed by atoms with E-state index in [9.17, 15) is 9.90 Å². The van der Waals surface area contributed by atoms with Gasteiger partial charge in [-0.05, 0) is 12.1 Å². The number of hydrogen-bond donors (Lipinski definition) is 1. The minimum Gasteiger partial charge on any atom is -0.507 e. The Labute approximate surface area is 101 Å². The quantitative estimate of drug-likeness (QED) is 0.799. The third-order valence-corrected chi connectivity index (χ3v) is 2.96. The number of nitrogens with zero attached hydrogens (tertiary/aromatic N) is 1. The van der Waals surface area contributed by atoms with Crippen LogP contribution in [0.25, 0.3) is 0 Å². The van der Waals surface area contributed by atoms with Gasteiger partial charge < -0.3 is 9.84 Å². The lowest BCUT2D eigenvalue weighted by molar-refractivity contribution is 0.0370. The van der Waals surface area contributed by atoms with Gasteiger partial charge in [0.2, 0.25) is 0 Å². The molecule has 0 unspecified atom stereocenters. The molecule has 4 nitrogen and oxygen atoms in total. The molecule has 92 valence electrons. The summed E-state index contributed by atoms with van der Waals surface area (Å²) < 4.78 is 5.24. The van der Waals surface area contributed by atoms with E-state index in [0.717, 1.165) is 32.8 Å². The van der Waals surface area contributed by atoms with Gasteiger partial charge >= 0.3 is 0 Å². The molecule has 1 aliphatic heterocycles. The number of hydrogen-bond acceptors (Lipinski definition) is 4. The van der Waals surface area contributed by atoms with E-state index in [1.54, 1.807) is 24.3 Å². The number of benzene rings is 1. The standard InChI is InChI=1S/C13H17NO3/c15-12-4-2-1-3-11(12)13(16)5-6-14-7-9-17-10-8-14/h1-4,15H,5-10H2. The average Bonchev–Trinajstić information content (AvgIpc) is 2.38. The van der Waals surface area contributed by atoms with Crippen LogP contribution < -0.4 is 0 Å². The molecule has 0 saturated carbocycles. The lowest BCUT2D eigenvalue weighted by Gasteiger charge is -2.26. The Kier molecular flexibility index (Phi) is 4.12. The Morgan fingerprint density at radius 2 is 2.00 bits per heavy atom. The van der Waals surface area contributed by atoms with Gasteiger partial charge in [-0.25, -0.2) is 0 Å². The van der Waals surface area contributed by atoms with E-state index in [1.807, 2.05) is 0 Å². The van der Waals surface area contributed by atoms with Crippen LogP contribution in [0.5, 0.6) is 5.75 Å². The first-order valence-electron chi connectivity index (χ1n) is 5.88. The van der Waals surface area contributed by atoms with Crippen molar-refractivity contribution in [1.82, 2.24) is 4.90 Å². The minimum atomic E-state index is -0.00501. The van der Waals surface area contributed by atoms with Crippen LogP contribution in [0.1, 0.15) is 16.8 Å². The molecule has 1 heterocycles. The summed E-state index contributed by atoms with van der Waals surface area (Å²) in [7, 11) is 0. The van der Waals surface area contributed by atoms with E-state index in [4.69, 9.17) is 4.74 Å². The molecular weight excluding hydrogens is 218 g/mol. The number of phenolic OH excluding ortho intramolecular Hbond substituents is 1. The van der Waals surface area contributed by atoms with Gasteiger partial charge in [-0.15, -0.1) is 0 Å². The predicted octanol–water partition coefficient (Wildman–Crippen LogP) is 1.30. The fourth-order valence-corrected chi connectivity index (χ4v) is 1.93. The number of phenols is 1. The Morgan fingerprint density at radius 3 is 2.71 bits per heavy atom. The van der Waals surface area contributed by atoms with Crippen LogP contribution in [0.15, 0.2) is 24.3 Å². The Balaban J connectivity index is 1.87. The SMILES string of the molecule is O=C(CCN1CCOCC1)c1ccccc1O. The van der Waals surface area contributed by atoms with Gasteiger partial charge in [0, 0.05) is 26.1 Å². The van der Waals surface area contributed by atoms with Gasteiger partial charge in [-0.2, -0.15) is 0 Å². The molecule has 0 atom stereocenters. The van der Waals surface area contributed by atoms with E-state index in [0.29, 0.717) is 12.0 Å². The predicted molar refractivity (Wildman–Crippen MR) is 64.3 cm³/mol. The van der Waals surface area contributed by atoms with E-state index >= 15 is 0 Å². The highest BCUT2D eigenvalue weighted by molar-refractivity contribution is 5.98. The van der Waals surface area contributed by atoms with Gasteiger partial charge in [0.15, 0.2) is 5.78 Å². The maximum Gasteiger partial charge on any atom is 0.167 e.